The molecule has 0 bridgehead atoms. The molecule has 1 atom stereocenters. The summed E-state index contributed by atoms with van der Waals surface area (Å²) in [5.41, 5.74) is 3.38. The van der Waals surface area contributed by atoms with Crippen LogP contribution in [0.2, 0.25) is 0 Å². The van der Waals surface area contributed by atoms with Gasteiger partial charge in [0.05, 0.1) is 12.6 Å². The third-order valence-electron chi connectivity index (χ3n) is 5.20. The van der Waals surface area contributed by atoms with Crippen molar-refractivity contribution in [1.29, 1.82) is 0 Å². The standard InChI is InChI=1S/C20H23N5O/c1-15-12-21-19-14-25(20(26)9-8-17-10-11-22-23(17)2)18(13-24(15)19)16-6-4-3-5-7-16/h3-7,10-12,18H,8-9,13-14H2,1-2H3. The molecule has 4 rings (SSSR count). The number of carbonyl (C=O) groups is 1. The predicted octanol–water partition coefficient (Wildman–Crippen LogP) is 2.64. The molecule has 3 aromatic rings. The van der Waals surface area contributed by atoms with Crippen molar-refractivity contribution in [3.8, 4) is 0 Å². The summed E-state index contributed by atoms with van der Waals surface area (Å²) in [5.74, 6) is 1.12. The average Bonchev–Trinajstić information content (AvgIpc) is 3.25. The Morgan fingerprint density at radius 3 is 2.77 bits per heavy atom. The van der Waals surface area contributed by atoms with Gasteiger partial charge in [-0.3, -0.25) is 9.48 Å². The van der Waals surface area contributed by atoms with E-state index < -0.39 is 0 Å². The minimum Gasteiger partial charge on any atom is -0.328 e. The Morgan fingerprint density at radius 2 is 2.04 bits per heavy atom. The maximum Gasteiger partial charge on any atom is 0.223 e. The highest BCUT2D eigenvalue weighted by Crippen LogP contribution is 2.30. The SMILES string of the molecule is Cc1cnc2n1CC(c1ccccc1)N(C(=O)CCc1ccnn1C)C2. The Bertz CT molecular complexity index is 911. The summed E-state index contributed by atoms with van der Waals surface area (Å²) in [6, 6.07) is 12.3. The van der Waals surface area contributed by atoms with E-state index in [0.29, 0.717) is 19.4 Å². The third kappa shape index (κ3) is 3.03. The number of nitrogens with zero attached hydrogens (tertiary/aromatic N) is 5. The number of aromatic nitrogens is 4. The maximum absolute atomic E-state index is 13.1. The second-order valence-corrected chi connectivity index (χ2v) is 6.82. The van der Waals surface area contributed by atoms with Gasteiger partial charge in [0.1, 0.15) is 5.82 Å². The molecular weight excluding hydrogens is 326 g/mol. The van der Waals surface area contributed by atoms with Crippen LogP contribution < -0.4 is 0 Å². The number of carbonyl (C=O) groups excluding carboxylic acids is 1. The predicted molar refractivity (Wildman–Crippen MR) is 98.2 cm³/mol. The van der Waals surface area contributed by atoms with Crippen LogP contribution in [0.25, 0.3) is 0 Å². The van der Waals surface area contributed by atoms with Crippen molar-refractivity contribution in [2.45, 2.75) is 38.9 Å². The molecule has 1 aliphatic heterocycles. The van der Waals surface area contributed by atoms with Gasteiger partial charge in [-0.25, -0.2) is 4.98 Å². The summed E-state index contributed by atoms with van der Waals surface area (Å²) in [4.78, 5) is 19.5. The average molecular weight is 349 g/mol. The van der Waals surface area contributed by atoms with E-state index in [-0.39, 0.29) is 11.9 Å². The molecule has 0 saturated carbocycles. The minimum absolute atomic E-state index is 0.0376. The van der Waals surface area contributed by atoms with Crippen LogP contribution in [-0.4, -0.2) is 30.1 Å². The van der Waals surface area contributed by atoms with E-state index >= 15 is 0 Å². The Morgan fingerprint density at radius 1 is 1.23 bits per heavy atom. The Balaban J connectivity index is 1.59. The fourth-order valence-corrected chi connectivity index (χ4v) is 3.67. The van der Waals surface area contributed by atoms with Crippen LogP contribution in [-0.2, 0) is 31.4 Å². The molecule has 2 aromatic heterocycles. The molecule has 0 aliphatic carbocycles. The van der Waals surface area contributed by atoms with E-state index in [0.717, 1.165) is 23.8 Å². The van der Waals surface area contributed by atoms with Crippen LogP contribution in [0.5, 0.6) is 0 Å². The van der Waals surface area contributed by atoms with Gasteiger partial charge in [-0.05, 0) is 25.0 Å². The summed E-state index contributed by atoms with van der Waals surface area (Å²) < 4.78 is 4.05. The van der Waals surface area contributed by atoms with Crippen molar-refractivity contribution in [1.82, 2.24) is 24.2 Å². The quantitative estimate of drug-likeness (QED) is 0.728. The van der Waals surface area contributed by atoms with Crippen molar-refractivity contribution in [3.05, 3.63) is 71.6 Å². The topological polar surface area (TPSA) is 56.0 Å². The van der Waals surface area contributed by atoms with Gasteiger partial charge in [-0.15, -0.1) is 0 Å². The molecular formula is C20H23N5O. The highest BCUT2D eigenvalue weighted by atomic mass is 16.2. The second-order valence-electron chi connectivity index (χ2n) is 6.82. The smallest absolute Gasteiger partial charge is 0.223 e. The fraction of sp³-hybridized carbons (Fsp3) is 0.350. The normalized spacial score (nSPS) is 16.5. The van der Waals surface area contributed by atoms with E-state index in [4.69, 9.17) is 0 Å². The first-order valence-corrected chi connectivity index (χ1v) is 8.96. The zero-order valence-electron chi connectivity index (χ0n) is 15.2. The number of hydrogen-bond donors (Lipinski definition) is 0. The molecule has 1 unspecified atom stereocenters. The van der Waals surface area contributed by atoms with E-state index in [1.165, 1.54) is 5.56 Å². The van der Waals surface area contributed by atoms with E-state index in [9.17, 15) is 4.79 Å². The van der Waals surface area contributed by atoms with E-state index in [2.05, 4.69) is 33.7 Å². The van der Waals surface area contributed by atoms with Crippen molar-refractivity contribution < 1.29 is 4.79 Å². The molecule has 0 saturated heterocycles. The van der Waals surface area contributed by atoms with Gasteiger partial charge in [0.25, 0.3) is 0 Å². The molecule has 6 heteroatoms. The monoisotopic (exact) mass is 349 g/mol. The molecule has 1 aromatic carbocycles. The molecule has 0 spiro atoms. The van der Waals surface area contributed by atoms with E-state index in [1.807, 2.05) is 47.1 Å². The number of aryl methyl sites for hydroxylation is 3. The van der Waals surface area contributed by atoms with Crippen LogP contribution in [0.4, 0.5) is 0 Å². The minimum atomic E-state index is 0.0376. The first-order valence-electron chi connectivity index (χ1n) is 8.96. The number of fused-ring (bicyclic) bond motifs is 1. The van der Waals surface area contributed by atoms with Gasteiger partial charge in [0, 0.05) is 43.8 Å². The molecule has 134 valence electrons. The van der Waals surface area contributed by atoms with Crippen molar-refractivity contribution in [2.75, 3.05) is 0 Å². The highest BCUT2D eigenvalue weighted by Gasteiger charge is 2.32. The van der Waals surface area contributed by atoms with Gasteiger partial charge in [0.2, 0.25) is 5.91 Å². The summed E-state index contributed by atoms with van der Waals surface area (Å²) in [6.45, 7) is 3.37. The number of rotatable bonds is 4. The summed E-state index contributed by atoms with van der Waals surface area (Å²) in [7, 11) is 1.91. The van der Waals surface area contributed by atoms with Crippen molar-refractivity contribution in [3.63, 3.8) is 0 Å². The van der Waals surface area contributed by atoms with Gasteiger partial charge < -0.3 is 9.47 Å². The molecule has 26 heavy (non-hydrogen) atoms. The molecule has 0 N–H and O–H groups in total. The first kappa shape index (κ1) is 16.6. The van der Waals surface area contributed by atoms with Crippen molar-refractivity contribution >= 4 is 5.91 Å². The zero-order valence-corrected chi connectivity index (χ0v) is 15.2. The van der Waals surface area contributed by atoms with Crippen LogP contribution >= 0.6 is 0 Å². The third-order valence-corrected chi connectivity index (χ3v) is 5.20. The van der Waals surface area contributed by atoms with Crippen LogP contribution in [0.1, 0.15) is 35.2 Å². The van der Waals surface area contributed by atoms with Gasteiger partial charge in [0.15, 0.2) is 0 Å². The van der Waals surface area contributed by atoms with Gasteiger partial charge in [-0.2, -0.15) is 5.10 Å². The van der Waals surface area contributed by atoms with Gasteiger partial charge >= 0.3 is 0 Å². The summed E-state index contributed by atoms with van der Waals surface area (Å²) in [6.07, 6.45) is 4.83. The second kappa shape index (κ2) is 6.78. The first-order chi connectivity index (χ1) is 12.6. The number of hydrogen-bond acceptors (Lipinski definition) is 3. The largest absolute Gasteiger partial charge is 0.328 e. The number of amides is 1. The van der Waals surface area contributed by atoms with Crippen LogP contribution in [0.15, 0.2) is 48.8 Å². The lowest BCUT2D eigenvalue weighted by Gasteiger charge is -2.37. The lowest BCUT2D eigenvalue weighted by atomic mass is 10.0. The van der Waals surface area contributed by atoms with Gasteiger partial charge in [-0.1, -0.05) is 30.3 Å². The van der Waals surface area contributed by atoms with Crippen LogP contribution in [0.3, 0.4) is 0 Å². The fourth-order valence-electron chi connectivity index (χ4n) is 3.67. The van der Waals surface area contributed by atoms with Crippen molar-refractivity contribution in [2.24, 2.45) is 7.05 Å². The Kier molecular flexibility index (Phi) is 4.32. The Labute approximate surface area is 153 Å². The summed E-state index contributed by atoms with van der Waals surface area (Å²) >= 11 is 0. The van der Waals surface area contributed by atoms with E-state index in [1.54, 1.807) is 6.20 Å². The number of imidazole rings is 1. The molecule has 6 nitrogen and oxygen atoms in total. The maximum atomic E-state index is 13.1. The number of benzene rings is 1. The molecule has 3 heterocycles. The lowest BCUT2D eigenvalue weighted by Crippen LogP contribution is -2.41. The molecule has 1 amide bonds. The lowest BCUT2D eigenvalue weighted by molar-refractivity contribution is -0.135. The molecule has 0 radical (unpaired) electrons. The Hall–Kier alpha value is -2.89. The summed E-state index contributed by atoms with van der Waals surface area (Å²) in [5, 5.41) is 4.18. The zero-order chi connectivity index (χ0) is 18.1. The van der Waals surface area contributed by atoms with Crippen LogP contribution in [0, 0.1) is 6.92 Å². The highest BCUT2D eigenvalue weighted by molar-refractivity contribution is 5.77. The molecule has 1 aliphatic rings. The molecule has 0 fully saturated rings.